The molecule has 0 atom stereocenters. The number of Topliss-reactive ketones (excluding diaryl/α,β-unsaturated/α-hetero) is 1. The summed E-state index contributed by atoms with van der Waals surface area (Å²) in [5.74, 6) is 0.386. The minimum atomic E-state index is -0.353. The standard InChI is InChI=1S/C22H22Cl3N3O3/c1-31-13-12-27-21(16-8-10-17(23)11-9-16)26-28(22(27)30)14-18(29)6-2-4-15-5-3-7-19(24)20(15)25/h3,5,7-11H,2,4,6,12-14H2,1H3. The Morgan fingerprint density at radius 2 is 1.84 bits per heavy atom. The number of aromatic nitrogens is 3. The lowest BCUT2D eigenvalue weighted by molar-refractivity contribution is -0.119. The zero-order chi connectivity index (χ0) is 22.4. The van der Waals surface area contributed by atoms with Crippen LogP contribution in [0, 0.1) is 0 Å². The summed E-state index contributed by atoms with van der Waals surface area (Å²) >= 11 is 18.2. The quantitative estimate of drug-likeness (QED) is 0.412. The van der Waals surface area contributed by atoms with Crippen LogP contribution >= 0.6 is 34.8 Å². The topological polar surface area (TPSA) is 66.1 Å². The summed E-state index contributed by atoms with van der Waals surface area (Å²) in [6, 6.07) is 12.5. The molecule has 0 spiro atoms. The van der Waals surface area contributed by atoms with Crippen molar-refractivity contribution in [3.05, 3.63) is 73.6 Å². The van der Waals surface area contributed by atoms with E-state index in [1.807, 2.05) is 12.1 Å². The van der Waals surface area contributed by atoms with Gasteiger partial charge in [0.2, 0.25) is 0 Å². The molecule has 3 aromatic rings. The van der Waals surface area contributed by atoms with Gasteiger partial charge in [-0.2, -0.15) is 0 Å². The predicted molar refractivity (Wildman–Crippen MR) is 123 cm³/mol. The molecular weight excluding hydrogens is 461 g/mol. The molecule has 3 rings (SSSR count). The van der Waals surface area contributed by atoms with E-state index in [0.29, 0.717) is 53.3 Å². The molecule has 0 radical (unpaired) electrons. The Bertz CT molecular complexity index is 1110. The number of carbonyl (C=O) groups is 1. The summed E-state index contributed by atoms with van der Waals surface area (Å²) in [7, 11) is 1.56. The van der Waals surface area contributed by atoms with Crippen molar-refractivity contribution in [2.45, 2.75) is 32.4 Å². The van der Waals surface area contributed by atoms with Gasteiger partial charge in [0, 0.05) is 24.1 Å². The molecule has 0 saturated carbocycles. The third kappa shape index (κ3) is 5.98. The van der Waals surface area contributed by atoms with Gasteiger partial charge in [-0.25, -0.2) is 9.48 Å². The molecule has 1 heterocycles. The van der Waals surface area contributed by atoms with Crippen LogP contribution in [-0.2, 0) is 29.0 Å². The fourth-order valence-corrected chi connectivity index (χ4v) is 3.74. The Morgan fingerprint density at radius 1 is 1.10 bits per heavy atom. The lowest BCUT2D eigenvalue weighted by Crippen LogP contribution is -2.28. The maximum atomic E-state index is 12.8. The highest BCUT2D eigenvalue weighted by molar-refractivity contribution is 6.42. The van der Waals surface area contributed by atoms with Gasteiger partial charge in [0.15, 0.2) is 11.6 Å². The first kappa shape index (κ1) is 23.5. The molecule has 2 aromatic carbocycles. The van der Waals surface area contributed by atoms with Gasteiger partial charge in [-0.15, -0.1) is 5.10 Å². The van der Waals surface area contributed by atoms with Crippen LogP contribution in [0.2, 0.25) is 15.1 Å². The van der Waals surface area contributed by atoms with Crippen molar-refractivity contribution >= 4 is 40.6 Å². The normalized spacial score (nSPS) is 11.1. The number of carbonyl (C=O) groups excluding carboxylic acids is 1. The predicted octanol–water partition coefficient (Wildman–Crippen LogP) is 4.91. The summed E-state index contributed by atoms with van der Waals surface area (Å²) in [5.41, 5.74) is 1.28. The third-order valence-electron chi connectivity index (χ3n) is 4.80. The second kappa shape index (κ2) is 11.0. The van der Waals surface area contributed by atoms with Gasteiger partial charge in [0.05, 0.1) is 23.2 Å². The molecule has 31 heavy (non-hydrogen) atoms. The number of halogens is 3. The first-order chi connectivity index (χ1) is 14.9. The van der Waals surface area contributed by atoms with Crippen LogP contribution in [0.1, 0.15) is 18.4 Å². The highest BCUT2D eigenvalue weighted by Crippen LogP contribution is 2.26. The summed E-state index contributed by atoms with van der Waals surface area (Å²) < 4.78 is 7.82. The van der Waals surface area contributed by atoms with Crippen molar-refractivity contribution < 1.29 is 9.53 Å². The molecule has 0 N–H and O–H groups in total. The van der Waals surface area contributed by atoms with E-state index in [-0.39, 0.29) is 18.0 Å². The number of nitrogens with zero attached hydrogens (tertiary/aromatic N) is 3. The van der Waals surface area contributed by atoms with Crippen molar-refractivity contribution in [3.63, 3.8) is 0 Å². The Labute approximate surface area is 195 Å². The molecule has 0 aliphatic carbocycles. The van der Waals surface area contributed by atoms with Crippen LogP contribution in [0.15, 0.2) is 47.3 Å². The number of methoxy groups -OCH3 is 1. The van der Waals surface area contributed by atoms with Crippen LogP contribution in [0.25, 0.3) is 11.4 Å². The van der Waals surface area contributed by atoms with E-state index in [1.54, 1.807) is 37.4 Å². The van der Waals surface area contributed by atoms with Gasteiger partial charge in [-0.3, -0.25) is 9.36 Å². The molecule has 0 aliphatic heterocycles. The van der Waals surface area contributed by atoms with E-state index in [4.69, 9.17) is 39.5 Å². The van der Waals surface area contributed by atoms with Gasteiger partial charge < -0.3 is 4.74 Å². The molecule has 1 aromatic heterocycles. The maximum absolute atomic E-state index is 12.8. The maximum Gasteiger partial charge on any atom is 0.346 e. The van der Waals surface area contributed by atoms with E-state index >= 15 is 0 Å². The number of benzene rings is 2. The van der Waals surface area contributed by atoms with Gasteiger partial charge in [0.25, 0.3) is 0 Å². The third-order valence-corrected chi connectivity index (χ3v) is 5.91. The van der Waals surface area contributed by atoms with Crippen molar-refractivity contribution in [1.82, 2.24) is 14.3 Å². The van der Waals surface area contributed by atoms with Crippen LogP contribution in [-0.4, -0.2) is 33.8 Å². The van der Waals surface area contributed by atoms with Crippen molar-refractivity contribution in [1.29, 1.82) is 0 Å². The van der Waals surface area contributed by atoms with Gasteiger partial charge >= 0.3 is 5.69 Å². The minimum absolute atomic E-state index is 0.0840. The van der Waals surface area contributed by atoms with Gasteiger partial charge in [0.1, 0.15) is 6.54 Å². The summed E-state index contributed by atoms with van der Waals surface area (Å²) in [6.07, 6.45) is 1.52. The number of hydrogen-bond donors (Lipinski definition) is 0. The van der Waals surface area contributed by atoms with E-state index < -0.39 is 0 Å². The minimum Gasteiger partial charge on any atom is -0.383 e. The lowest BCUT2D eigenvalue weighted by Gasteiger charge is -2.05. The number of ether oxygens (including phenoxy) is 1. The molecule has 0 aliphatic rings. The second-order valence-electron chi connectivity index (χ2n) is 7.02. The Hall–Kier alpha value is -2.12. The smallest absolute Gasteiger partial charge is 0.346 e. The van der Waals surface area contributed by atoms with Crippen LogP contribution in [0.5, 0.6) is 0 Å². The van der Waals surface area contributed by atoms with E-state index in [0.717, 1.165) is 11.1 Å². The van der Waals surface area contributed by atoms with Crippen LogP contribution < -0.4 is 5.69 Å². The molecule has 164 valence electrons. The van der Waals surface area contributed by atoms with E-state index in [9.17, 15) is 9.59 Å². The number of ketones is 1. The number of aryl methyl sites for hydroxylation is 1. The fourth-order valence-electron chi connectivity index (χ4n) is 3.20. The SMILES string of the molecule is COCCn1c(-c2ccc(Cl)cc2)nn(CC(=O)CCCc2cccc(Cl)c2Cl)c1=O. The Balaban J connectivity index is 1.71. The van der Waals surface area contributed by atoms with Gasteiger partial charge in [-0.05, 0) is 48.7 Å². The highest BCUT2D eigenvalue weighted by Gasteiger charge is 2.17. The van der Waals surface area contributed by atoms with Crippen molar-refractivity contribution in [3.8, 4) is 11.4 Å². The van der Waals surface area contributed by atoms with Crippen LogP contribution in [0.4, 0.5) is 0 Å². The fraction of sp³-hybridized carbons (Fsp3) is 0.318. The van der Waals surface area contributed by atoms with Crippen LogP contribution in [0.3, 0.4) is 0 Å². The molecule has 6 nitrogen and oxygen atoms in total. The zero-order valence-electron chi connectivity index (χ0n) is 17.0. The number of hydrogen-bond acceptors (Lipinski definition) is 4. The van der Waals surface area contributed by atoms with Crippen molar-refractivity contribution in [2.24, 2.45) is 0 Å². The largest absolute Gasteiger partial charge is 0.383 e. The average molecular weight is 483 g/mol. The lowest BCUT2D eigenvalue weighted by atomic mass is 10.1. The molecular formula is C22H22Cl3N3O3. The van der Waals surface area contributed by atoms with E-state index in [2.05, 4.69) is 5.10 Å². The summed E-state index contributed by atoms with van der Waals surface area (Å²) in [4.78, 5) is 25.4. The highest BCUT2D eigenvalue weighted by atomic mass is 35.5. The summed E-state index contributed by atoms with van der Waals surface area (Å²) in [5, 5.41) is 6.00. The Kier molecular flexibility index (Phi) is 8.32. The zero-order valence-corrected chi connectivity index (χ0v) is 19.3. The van der Waals surface area contributed by atoms with Crippen molar-refractivity contribution in [2.75, 3.05) is 13.7 Å². The first-order valence-electron chi connectivity index (χ1n) is 9.78. The summed E-state index contributed by atoms with van der Waals surface area (Å²) in [6.45, 7) is 0.581. The first-order valence-corrected chi connectivity index (χ1v) is 10.9. The molecule has 0 bridgehead atoms. The monoisotopic (exact) mass is 481 g/mol. The van der Waals surface area contributed by atoms with E-state index in [1.165, 1.54) is 9.25 Å². The molecule has 0 saturated heterocycles. The van der Waals surface area contributed by atoms with Gasteiger partial charge in [-0.1, -0.05) is 46.9 Å². The number of rotatable bonds is 10. The average Bonchev–Trinajstić information content (AvgIpc) is 3.05. The molecule has 0 amide bonds. The molecule has 0 unspecified atom stereocenters. The molecule has 0 fully saturated rings. The Morgan fingerprint density at radius 3 is 2.55 bits per heavy atom. The second-order valence-corrected chi connectivity index (χ2v) is 8.24. The molecule has 9 heteroatoms.